The van der Waals surface area contributed by atoms with E-state index in [4.69, 9.17) is 27.9 Å². The summed E-state index contributed by atoms with van der Waals surface area (Å²) in [5.41, 5.74) is 2.83. The Bertz CT molecular complexity index is 1190. The summed E-state index contributed by atoms with van der Waals surface area (Å²) in [6.07, 6.45) is 0. The molecule has 2 heterocycles. The van der Waals surface area contributed by atoms with Crippen molar-refractivity contribution < 1.29 is 14.3 Å². The largest absolute Gasteiger partial charge is 0.424 e. The number of alkyl halides is 2. The Morgan fingerprint density at radius 3 is 2.07 bits per heavy atom. The van der Waals surface area contributed by atoms with Crippen LogP contribution in [0.4, 0.5) is 0 Å². The molecular weight excluding hydrogens is 387 g/mol. The number of Topliss-reactive ketones (excluding diaryl/α,β-unsaturated/α-hetero) is 1. The first-order chi connectivity index (χ1) is 13.0. The molecule has 2 aromatic carbocycles. The van der Waals surface area contributed by atoms with Crippen LogP contribution in [0.2, 0.25) is 0 Å². The van der Waals surface area contributed by atoms with Crippen LogP contribution in [0.3, 0.4) is 0 Å². The van der Waals surface area contributed by atoms with Gasteiger partial charge in [0.05, 0.1) is 11.3 Å². The third-order valence-corrected chi connectivity index (χ3v) is 4.70. The van der Waals surface area contributed by atoms with Crippen LogP contribution in [0, 0.1) is 0 Å². The lowest BCUT2D eigenvalue weighted by atomic mass is 10.0. The molecule has 7 heteroatoms. The molecule has 0 radical (unpaired) electrons. The Hall–Kier alpha value is -2.76. The SMILES string of the molecule is CC(=O)Oc1c(-c2[nH]c3ccccc3c2C(=O)C(Cl)Cl)[nH]c2ccccc12. The van der Waals surface area contributed by atoms with Crippen LogP contribution in [-0.4, -0.2) is 26.6 Å². The summed E-state index contributed by atoms with van der Waals surface area (Å²) in [5, 5.41) is 1.42. The van der Waals surface area contributed by atoms with Gasteiger partial charge in [0.15, 0.2) is 16.4 Å². The van der Waals surface area contributed by atoms with E-state index in [-0.39, 0.29) is 0 Å². The van der Waals surface area contributed by atoms with Crippen LogP contribution in [0.5, 0.6) is 5.75 Å². The number of hydrogen-bond acceptors (Lipinski definition) is 3. The van der Waals surface area contributed by atoms with Crippen LogP contribution in [0.15, 0.2) is 48.5 Å². The fourth-order valence-corrected chi connectivity index (χ4v) is 3.45. The zero-order valence-electron chi connectivity index (χ0n) is 14.2. The molecule has 4 rings (SSSR count). The Morgan fingerprint density at radius 1 is 0.889 bits per heavy atom. The van der Waals surface area contributed by atoms with E-state index in [0.717, 1.165) is 16.4 Å². The molecule has 0 saturated carbocycles. The maximum atomic E-state index is 12.8. The van der Waals surface area contributed by atoms with E-state index in [1.165, 1.54) is 6.92 Å². The zero-order chi connectivity index (χ0) is 19.1. The zero-order valence-corrected chi connectivity index (χ0v) is 15.7. The van der Waals surface area contributed by atoms with Gasteiger partial charge >= 0.3 is 5.97 Å². The number of carbonyl (C=O) groups excluding carboxylic acids is 2. The third-order valence-electron chi connectivity index (χ3n) is 4.30. The number of benzene rings is 2. The molecule has 0 bridgehead atoms. The minimum absolute atomic E-state index is 0.347. The lowest BCUT2D eigenvalue weighted by Crippen LogP contribution is -2.09. The molecule has 0 aliphatic carbocycles. The number of fused-ring (bicyclic) bond motifs is 2. The van der Waals surface area contributed by atoms with Gasteiger partial charge in [0.1, 0.15) is 5.69 Å². The average molecular weight is 401 g/mol. The van der Waals surface area contributed by atoms with E-state index < -0.39 is 16.6 Å². The normalized spacial score (nSPS) is 11.4. The van der Waals surface area contributed by atoms with E-state index in [0.29, 0.717) is 28.1 Å². The number of hydrogen-bond donors (Lipinski definition) is 2. The van der Waals surface area contributed by atoms with Crippen molar-refractivity contribution in [3.05, 3.63) is 54.1 Å². The molecule has 0 fully saturated rings. The lowest BCUT2D eigenvalue weighted by molar-refractivity contribution is -0.131. The number of para-hydroxylation sites is 2. The number of ketones is 1. The molecule has 0 atom stereocenters. The number of nitrogens with one attached hydrogen (secondary N) is 2. The van der Waals surface area contributed by atoms with Gasteiger partial charge in [0.2, 0.25) is 0 Å². The van der Waals surface area contributed by atoms with Crippen molar-refractivity contribution in [1.82, 2.24) is 9.97 Å². The summed E-state index contributed by atoms with van der Waals surface area (Å²) >= 11 is 11.8. The molecule has 0 aliphatic rings. The second kappa shape index (κ2) is 6.76. The van der Waals surface area contributed by atoms with E-state index >= 15 is 0 Å². The van der Waals surface area contributed by atoms with Gasteiger partial charge in [-0.15, -0.1) is 0 Å². The molecule has 0 unspecified atom stereocenters. The molecule has 0 saturated heterocycles. The van der Waals surface area contributed by atoms with Crippen molar-refractivity contribution in [2.24, 2.45) is 0 Å². The fourth-order valence-electron chi connectivity index (χ4n) is 3.24. The summed E-state index contributed by atoms with van der Waals surface area (Å²) in [4.78, 5) is 29.7. The van der Waals surface area contributed by atoms with E-state index in [1.54, 1.807) is 0 Å². The monoisotopic (exact) mass is 400 g/mol. The first-order valence-corrected chi connectivity index (χ1v) is 9.07. The van der Waals surface area contributed by atoms with Crippen molar-refractivity contribution in [3.8, 4) is 17.1 Å². The number of rotatable bonds is 4. The van der Waals surface area contributed by atoms with Crippen molar-refractivity contribution in [2.75, 3.05) is 0 Å². The van der Waals surface area contributed by atoms with Crippen molar-refractivity contribution in [1.29, 1.82) is 0 Å². The third kappa shape index (κ3) is 2.99. The van der Waals surface area contributed by atoms with Crippen molar-refractivity contribution in [2.45, 2.75) is 11.8 Å². The summed E-state index contributed by atoms with van der Waals surface area (Å²) in [6, 6.07) is 14.8. The predicted molar refractivity (Wildman–Crippen MR) is 107 cm³/mol. The molecular formula is C20H14Cl2N2O3. The van der Waals surface area contributed by atoms with E-state index in [1.807, 2.05) is 48.5 Å². The van der Waals surface area contributed by atoms with Crippen LogP contribution < -0.4 is 4.74 Å². The second-order valence-corrected chi connectivity index (χ2v) is 7.15. The number of halogens is 2. The molecule has 5 nitrogen and oxygen atoms in total. The van der Waals surface area contributed by atoms with Gasteiger partial charge in [-0.3, -0.25) is 9.59 Å². The number of esters is 1. The second-order valence-electron chi connectivity index (χ2n) is 6.05. The Kier molecular flexibility index (Phi) is 4.42. The molecule has 2 N–H and O–H groups in total. The highest BCUT2D eigenvalue weighted by molar-refractivity contribution is 6.56. The molecule has 4 aromatic rings. The molecule has 0 amide bonds. The van der Waals surface area contributed by atoms with Gasteiger partial charge < -0.3 is 14.7 Å². The number of aromatic nitrogens is 2. The summed E-state index contributed by atoms with van der Waals surface area (Å²) in [5.74, 6) is -0.546. The molecule has 0 aliphatic heterocycles. The van der Waals surface area contributed by atoms with Gasteiger partial charge in [-0.2, -0.15) is 0 Å². The molecule has 2 aromatic heterocycles. The molecule has 136 valence electrons. The van der Waals surface area contributed by atoms with Crippen molar-refractivity contribution >= 4 is 56.8 Å². The average Bonchev–Trinajstić information content (AvgIpc) is 3.19. The van der Waals surface area contributed by atoms with Gasteiger partial charge in [0.25, 0.3) is 0 Å². The van der Waals surface area contributed by atoms with E-state index in [2.05, 4.69) is 9.97 Å². The maximum Gasteiger partial charge on any atom is 0.308 e. The van der Waals surface area contributed by atoms with Gasteiger partial charge in [0, 0.05) is 28.7 Å². The van der Waals surface area contributed by atoms with Gasteiger partial charge in [-0.25, -0.2) is 0 Å². The lowest BCUT2D eigenvalue weighted by Gasteiger charge is -2.07. The van der Waals surface area contributed by atoms with Crippen LogP contribution in [-0.2, 0) is 4.79 Å². The van der Waals surface area contributed by atoms with Crippen LogP contribution in [0.25, 0.3) is 33.2 Å². The summed E-state index contributed by atoms with van der Waals surface area (Å²) in [7, 11) is 0. The summed E-state index contributed by atoms with van der Waals surface area (Å²) in [6.45, 7) is 1.33. The minimum Gasteiger partial charge on any atom is -0.424 e. The topological polar surface area (TPSA) is 75.0 Å². The molecule has 27 heavy (non-hydrogen) atoms. The minimum atomic E-state index is -1.22. The first kappa shape index (κ1) is 17.6. The number of H-pyrrole nitrogens is 2. The highest BCUT2D eigenvalue weighted by atomic mass is 35.5. The fraction of sp³-hybridized carbons (Fsp3) is 0.100. The Labute approximate surface area is 164 Å². The number of ether oxygens (including phenoxy) is 1. The smallest absolute Gasteiger partial charge is 0.308 e. The number of carbonyl (C=O) groups is 2. The van der Waals surface area contributed by atoms with Crippen LogP contribution >= 0.6 is 23.2 Å². The number of aromatic amines is 2. The standard InChI is InChI=1S/C20H14Cl2N2O3/c1-10(25)27-19-12-7-3-5-9-14(12)24-17(19)16-15(18(26)20(21)22)11-6-2-4-8-13(11)23-16/h2-9,20,23-24H,1H3. The maximum absolute atomic E-state index is 12.8. The molecule has 0 spiro atoms. The van der Waals surface area contributed by atoms with Gasteiger partial charge in [-0.1, -0.05) is 53.5 Å². The van der Waals surface area contributed by atoms with Crippen LogP contribution in [0.1, 0.15) is 17.3 Å². The van der Waals surface area contributed by atoms with E-state index in [9.17, 15) is 9.59 Å². The van der Waals surface area contributed by atoms with Crippen molar-refractivity contribution in [3.63, 3.8) is 0 Å². The Morgan fingerprint density at radius 2 is 1.44 bits per heavy atom. The quantitative estimate of drug-likeness (QED) is 0.279. The van der Waals surface area contributed by atoms with Gasteiger partial charge in [-0.05, 0) is 18.2 Å². The predicted octanol–water partition coefficient (Wildman–Crippen LogP) is 5.23. The summed E-state index contributed by atoms with van der Waals surface area (Å²) < 4.78 is 5.48. The first-order valence-electron chi connectivity index (χ1n) is 8.20. The Balaban J connectivity index is 2.07. The highest BCUT2D eigenvalue weighted by Crippen LogP contribution is 2.41. The highest BCUT2D eigenvalue weighted by Gasteiger charge is 2.27.